The molecule has 3 nitrogen and oxygen atoms in total. The average molecular weight is 277 g/mol. The van der Waals surface area contributed by atoms with E-state index >= 15 is 0 Å². The third-order valence-electron chi connectivity index (χ3n) is 3.41. The van der Waals surface area contributed by atoms with Crippen LogP contribution in [0.1, 0.15) is 56.6 Å². The van der Waals surface area contributed by atoms with E-state index in [1.165, 1.54) is 44.1 Å². The second kappa shape index (κ2) is 10.4. The Labute approximate surface area is 122 Å². The zero-order valence-corrected chi connectivity index (χ0v) is 12.5. The molecule has 0 fully saturated rings. The van der Waals surface area contributed by atoms with Gasteiger partial charge in [0.25, 0.3) is 0 Å². The molecular formula is C17H27NO2. The number of hydrogen-bond donors (Lipinski definition) is 2. The first-order valence-electron chi connectivity index (χ1n) is 7.72. The lowest BCUT2D eigenvalue weighted by Gasteiger charge is -2.06. The molecule has 0 radical (unpaired) electrons. The first kappa shape index (κ1) is 16.7. The Morgan fingerprint density at radius 3 is 2.25 bits per heavy atom. The van der Waals surface area contributed by atoms with Crippen LogP contribution in [0, 0.1) is 0 Å². The Kier molecular flexibility index (Phi) is 8.72. The fourth-order valence-electron chi connectivity index (χ4n) is 2.21. The van der Waals surface area contributed by atoms with Gasteiger partial charge in [0.05, 0.1) is 6.42 Å². The van der Waals surface area contributed by atoms with Crippen LogP contribution in [0.3, 0.4) is 0 Å². The number of carbonyl (C=O) groups is 1. The first-order chi connectivity index (χ1) is 9.72. The maximum Gasteiger partial charge on any atom is 0.307 e. The van der Waals surface area contributed by atoms with Gasteiger partial charge in [-0.25, -0.2) is 0 Å². The van der Waals surface area contributed by atoms with Crippen LogP contribution in [0.25, 0.3) is 0 Å². The molecule has 0 unspecified atom stereocenters. The van der Waals surface area contributed by atoms with Gasteiger partial charge in [-0.1, -0.05) is 63.3 Å². The molecule has 3 heteroatoms. The Bertz CT molecular complexity index is 373. The second-order valence-electron chi connectivity index (χ2n) is 5.33. The van der Waals surface area contributed by atoms with E-state index in [9.17, 15) is 4.79 Å². The van der Waals surface area contributed by atoms with Crippen molar-refractivity contribution in [1.29, 1.82) is 0 Å². The normalized spacial score (nSPS) is 10.7. The van der Waals surface area contributed by atoms with Crippen molar-refractivity contribution >= 4 is 5.97 Å². The molecule has 0 aromatic heterocycles. The molecule has 0 aliphatic heterocycles. The minimum Gasteiger partial charge on any atom is -0.481 e. The summed E-state index contributed by atoms with van der Waals surface area (Å²) in [5.41, 5.74) is 2.07. The van der Waals surface area contributed by atoms with E-state index in [-0.39, 0.29) is 6.42 Å². The average Bonchev–Trinajstić information content (AvgIpc) is 2.43. The van der Waals surface area contributed by atoms with Crippen molar-refractivity contribution in [1.82, 2.24) is 5.32 Å². The molecule has 1 rings (SSSR count). The molecule has 0 amide bonds. The number of nitrogens with one attached hydrogen (secondary N) is 1. The van der Waals surface area contributed by atoms with Gasteiger partial charge < -0.3 is 10.4 Å². The third-order valence-corrected chi connectivity index (χ3v) is 3.41. The van der Waals surface area contributed by atoms with E-state index in [4.69, 9.17) is 5.11 Å². The van der Waals surface area contributed by atoms with Gasteiger partial charge in [0.15, 0.2) is 0 Å². The smallest absolute Gasteiger partial charge is 0.307 e. The monoisotopic (exact) mass is 277 g/mol. The van der Waals surface area contributed by atoms with E-state index < -0.39 is 5.97 Å². The molecule has 0 aliphatic rings. The van der Waals surface area contributed by atoms with E-state index in [0.29, 0.717) is 0 Å². The molecule has 1 aromatic carbocycles. The molecule has 0 aliphatic carbocycles. The minimum absolute atomic E-state index is 0.103. The third kappa shape index (κ3) is 7.95. The van der Waals surface area contributed by atoms with Crippen LogP contribution < -0.4 is 5.32 Å². The van der Waals surface area contributed by atoms with Crippen molar-refractivity contribution in [3.63, 3.8) is 0 Å². The summed E-state index contributed by atoms with van der Waals surface area (Å²) in [6.45, 7) is 4.16. The summed E-state index contributed by atoms with van der Waals surface area (Å²) < 4.78 is 0. The summed E-state index contributed by atoms with van der Waals surface area (Å²) in [6.07, 6.45) is 8.02. The van der Waals surface area contributed by atoms with Crippen molar-refractivity contribution in [2.75, 3.05) is 6.54 Å². The summed E-state index contributed by atoms with van der Waals surface area (Å²) in [4.78, 5) is 10.6. The predicted octanol–water partition coefficient (Wildman–Crippen LogP) is 3.76. The SMILES string of the molecule is CCCCCCCCNCc1ccc(CC(=O)O)cc1. The highest BCUT2D eigenvalue weighted by molar-refractivity contribution is 5.70. The summed E-state index contributed by atoms with van der Waals surface area (Å²) in [6, 6.07) is 7.81. The molecule has 0 saturated heterocycles. The fraction of sp³-hybridized carbons (Fsp3) is 0.588. The lowest BCUT2D eigenvalue weighted by molar-refractivity contribution is -0.136. The Balaban J connectivity index is 2.08. The maximum absolute atomic E-state index is 10.6. The van der Waals surface area contributed by atoms with Crippen LogP contribution in [0.15, 0.2) is 24.3 Å². The summed E-state index contributed by atoms with van der Waals surface area (Å²) in [7, 11) is 0. The zero-order chi connectivity index (χ0) is 14.6. The van der Waals surface area contributed by atoms with Gasteiger partial charge in [0.1, 0.15) is 0 Å². The first-order valence-corrected chi connectivity index (χ1v) is 7.72. The number of hydrogen-bond acceptors (Lipinski definition) is 2. The van der Waals surface area contributed by atoms with Crippen molar-refractivity contribution < 1.29 is 9.90 Å². The molecule has 0 spiro atoms. The topological polar surface area (TPSA) is 49.3 Å². The van der Waals surface area contributed by atoms with Crippen LogP contribution in [-0.2, 0) is 17.8 Å². The Hall–Kier alpha value is -1.35. The van der Waals surface area contributed by atoms with Crippen molar-refractivity contribution in [2.24, 2.45) is 0 Å². The van der Waals surface area contributed by atoms with Crippen LogP contribution in [0.5, 0.6) is 0 Å². The van der Waals surface area contributed by atoms with E-state index in [2.05, 4.69) is 12.2 Å². The number of benzene rings is 1. The summed E-state index contributed by atoms with van der Waals surface area (Å²) in [5, 5.41) is 12.1. The standard InChI is InChI=1S/C17H27NO2/c1-2-3-4-5-6-7-12-18-14-16-10-8-15(9-11-16)13-17(19)20/h8-11,18H,2-7,12-14H2,1H3,(H,19,20). The number of carboxylic acids is 1. The second-order valence-corrected chi connectivity index (χ2v) is 5.33. The van der Waals surface area contributed by atoms with Gasteiger partial charge in [-0.3, -0.25) is 4.79 Å². The molecular weight excluding hydrogens is 250 g/mol. The Morgan fingerprint density at radius 2 is 1.60 bits per heavy atom. The molecule has 0 heterocycles. The van der Waals surface area contributed by atoms with E-state index in [1.807, 2.05) is 24.3 Å². The van der Waals surface area contributed by atoms with E-state index in [0.717, 1.165) is 18.7 Å². The van der Waals surface area contributed by atoms with Gasteiger partial charge in [0.2, 0.25) is 0 Å². The number of carboxylic acid groups (broad SMARTS) is 1. The fourth-order valence-corrected chi connectivity index (χ4v) is 2.21. The van der Waals surface area contributed by atoms with Gasteiger partial charge >= 0.3 is 5.97 Å². The molecule has 0 saturated carbocycles. The predicted molar refractivity (Wildman–Crippen MR) is 82.9 cm³/mol. The van der Waals surface area contributed by atoms with Gasteiger partial charge in [-0.2, -0.15) is 0 Å². The largest absolute Gasteiger partial charge is 0.481 e. The highest BCUT2D eigenvalue weighted by Gasteiger charge is 2.00. The molecule has 0 bridgehead atoms. The van der Waals surface area contributed by atoms with Gasteiger partial charge in [0, 0.05) is 6.54 Å². The van der Waals surface area contributed by atoms with Crippen molar-refractivity contribution in [3.05, 3.63) is 35.4 Å². The van der Waals surface area contributed by atoms with Crippen LogP contribution >= 0.6 is 0 Å². The molecule has 2 N–H and O–H groups in total. The van der Waals surface area contributed by atoms with Gasteiger partial charge in [-0.05, 0) is 24.1 Å². The quantitative estimate of drug-likeness (QED) is 0.605. The summed E-state index contributed by atoms with van der Waals surface area (Å²) in [5.74, 6) is -0.779. The maximum atomic E-state index is 10.6. The van der Waals surface area contributed by atoms with E-state index in [1.54, 1.807) is 0 Å². The summed E-state index contributed by atoms with van der Waals surface area (Å²) >= 11 is 0. The Morgan fingerprint density at radius 1 is 1.00 bits per heavy atom. The molecule has 0 atom stereocenters. The molecule has 20 heavy (non-hydrogen) atoms. The van der Waals surface area contributed by atoms with Crippen LogP contribution in [0.2, 0.25) is 0 Å². The van der Waals surface area contributed by atoms with Gasteiger partial charge in [-0.15, -0.1) is 0 Å². The molecule has 1 aromatic rings. The number of rotatable bonds is 11. The van der Waals surface area contributed by atoms with Crippen LogP contribution in [-0.4, -0.2) is 17.6 Å². The lowest BCUT2D eigenvalue weighted by Crippen LogP contribution is -2.14. The zero-order valence-electron chi connectivity index (χ0n) is 12.5. The minimum atomic E-state index is -0.779. The van der Waals surface area contributed by atoms with Crippen LogP contribution in [0.4, 0.5) is 0 Å². The number of aliphatic carboxylic acids is 1. The van der Waals surface area contributed by atoms with Crippen molar-refractivity contribution in [3.8, 4) is 0 Å². The number of unbranched alkanes of at least 4 members (excludes halogenated alkanes) is 5. The highest BCUT2D eigenvalue weighted by atomic mass is 16.4. The highest BCUT2D eigenvalue weighted by Crippen LogP contribution is 2.06. The van der Waals surface area contributed by atoms with Crippen molar-refractivity contribution in [2.45, 2.75) is 58.4 Å². The lowest BCUT2D eigenvalue weighted by atomic mass is 10.1. The molecule has 112 valence electrons.